The summed E-state index contributed by atoms with van der Waals surface area (Å²) in [5.41, 5.74) is 3.95. The highest BCUT2D eigenvalue weighted by molar-refractivity contribution is 7.19. The molecule has 10 heteroatoms. The van der Waals surface area contributed by atoms with Gasteiger partial charge in [0.1, 0.15) is 18.1 Å². The molecule has 0 aliphatic carbocycles. The Kier molecular flexibility index (Phi) is 8.02. The number of aromatic hydroxyl groups is 1. The van der Waals surface area contributed by atoms with Gasteiger partial charge in [-0.05, 0) is 61.9 Å². The van der Waals surface area contributed by atoms with E-state index in [4.69, 9.17) is 31.0 Å². The van der Waals surface area contributed by atoms with Crippen molar-refractivity contribution in [1.82, 2.24) is 15.0 Å². The van der Waals surface area contributed by atoms with Gasteiger partial charge in [0.2, 0.25) is 5.95 Å². The molecule has 0 bridgehead atoms. The Balaban J connectivity index is 1.63. The first-order valence-electron chi connectivity index (χ1n) is 11.0. The summed E-state index contributed by atoms with van der Waals surface area (Å²) in [5.74, 6) is 1.19. The highest BCUT2D eigenvalue weighted by Gasteiger charge is 2.18. The van der Waals surface area contributed by atoms with Crippen LogP contribution in [0.1, 0.15) is 12.5 Å². The first-order chi connectivity index (χ1) is 17.0. The molecular weight excluding hydrogens is 486 g/mol. The molecule has 0 atom stereocenters. The zero-order chi connectivity index (χ0) is 24.8. The van der Waals surface area contributed by atoms with Gasteiger partial charge in [-0.25, -0.2) is 15.0 Å². The second-order valence-electron chi connectivity index (χ2n) is 7.66. The van der Waals surface area contributed by atoms with Crippen LogP contribution in [-0.4, -0.2) is 46.9 Å². The van der Waals surface area contributed by atoms with E-state index in [0.717, 1.165) is 39.1 Å². The Labute approximate surface area is 213 Å². The van der Waals surface area contributed by atoms with Crippen LogP contribution in [0.2, 0.25) is 5.02 Å². The SMILES string of the molecule is CCNc1nc(-c2cc(C)cc(O)c2)c(-c2ccnc(Nc3ccc(OCCOC)c(Cl)c3)n2)s1. The lowest BCUT2D eigenvalue weighted by atomic mass is 10.1. The van der Waals surface area contributed by atoms with Crippen molar-refractivity contribution >= 4 is 39.7 Å². The summed E-state index contributed by atoms with van der Waals surface area (Å²) >= 11 is 7.87. The van der Waals surface area contributed by atoms with Crippen molar-refractivity contribution in [2.45, 2.75) is 13.8 Å². The van der Waals surface area contributed by atoms with Crippen molar-refractivity contribution < 1.29 is 14.6 Å². The quantitative estimate of drug-likeness (QED) is 0.218. The number of thiazole rings is 1. The smallest absolute Gasteiger partial charge is 0.227 e. The van der Waals surface area contributed by atoms with Crippen LogP contribution < -0.4 is 15.4 Å². The minimum Gasteiger partial charge on any atom is -0.508 e. The van der Waals surface area contributed by atoms with E-state index in [1.165, 1.54) is 11.3 Å². The van der Waals surface area contributed by atoms with Gasteiger partial charge in [-0.1, -0.05) is 22.9 Å². The van der Waals surface area contributed by atoms with E-state index in [0.29, 0.717) is 35.6 Å². The van der Waals surface area contributed by atoms with Gasteiger partial charge in [-0.2, -0.15) is 0 Å². The molecule has 0 radical (unpaired) electrons. The molecule has 8 nitrogen and oxygen atoms in total. The van der Waals surface area contributed by atoms with Crippen molar-refractivity contribution in [1.29, 1.82) is 0 Å². The molecule has 182 valence electrons. The van der Waals surface area contributed by atoms with Gasteiger partial charge in [0.15, 0.2) is 5.13 Å². The van der Waals surface area contributed by atoms with Crippen molar-refractivity contribution in [3.63, 3.8) is 0 Å². The molecule has 0 aliphatic heterocycles. The molecule has 3 N–H and O–H groups in total. The van der Waals surface area contributed by atoms with E-state index in [9.17, 15) is 5.11 Å². The van der Waals surface area contributed by atoms with Crippen LogP contribution in [0, 0.1) is 6.92 Å². The van der Waals surface area contributed by atoms with Gasteiger partial charge in [-0.3, -0.25) is 0 Å². The second-order valence-corrected chi connectivity index (χ2v) is 9.07. The minimum absolute atomic E-state index is 0.195. The van der Waals surface area contributed by atoms with Crippen LogP contribution in [-0.2, 0) is 4.74 Å². The maximum Gasteiger partial charge on any atom is 0.227 e. The van der Waals surface area contributed by atoms with Gasteiger partial charge in [-0.15, -0.1) is 0 Å². The fourth-order valence-electron chi connectivity index (χ4n) is 3.42. The lowest BCUT2D eigenvalue weighted by Crippen LogP contribution is -2.04. The van der Waals surface area contributed by atoms with Crippen LogP contribution in [0.3, 0.4) is 0 Å². The zero-order valence-corrected chi connectivity index (χ0v) is 21.2. The largest absolute Gasteiger partial charge is 0.508 e. The number of benzene rings is 2. The molecule has 2 aromatic carbocycles. The number of hydrogen-bond acceptors (Lipinski definition) is 9. The van der Waals surface area contributed by atoms with Crippen molar-refractivity contribution in [3.05, 3.63) is 59.2 Å². The molecule has 0 amide bonds. The Morgan fingerprint density at radius 1 is 1.09 bits per heavy atom. The molecule has 0 fully saturated rings. The zero-order valence-electron chi connectivity index (χ0n) is 19.6. The monoisotopic (exact) mass is 511 g/mol. The topological polar surface area (TPSA) is 101 Å². The summed E-state index contributed by atoms with van der Waals surface area (Å²) in [6.45, 7) is 5.60. The number of methoxy groups -OCH3 is 1. The Morgan fingerprint density at radius 2 is 1.94 bits per heavy atom. The summed E-state index contributed by atoms with van der Waals surface area (Å²) in [4.78, 5) is 14.7. The molecule has 2 heterocycles. The highest BCUT2D eigenvalue weighted by Crippen LogP contribution is 2.39. The predicted octanol–water partition coefficient (Wildman–Crippen LogP) is 6.14. The van der Waals surface area contributed by atoms with E-state index in [1.54, 1.807) is 37.6 Å². The molecular formula is C25H26ClN5O3S. The number of rotatable bonds is 10. The summed E-state index contributed by atoms with van der Waals surface area (Å²) in [7, 11) is 1.62. The standard InChI is InChI=1S/C25H26ClN5O3S/c1-4-27-25-31-22(16-11-15(2)12-18(32)13-16)23(35-25)20-7-8-28-24(30-20)29-17-5-6-21(19(26)14-17)34-10-9-33-3/h5-8,11-14,32H,4,9-10H2,1-3H3,(H,27,31)(H,28,29,30). The van der Waals surface area contributed by atoms with E-state index >= 15 is 0 Å². The van der Waals surface area contributed by atoms with E-state index in [-0.39, 0.29) is 5.75 Å². The number of aromatic nitrogens is 3. The third-order valence-corrected chi connectivity index (χ3v) is 6.24. The lowest BCUT2D eigenvalue weighted by Gasteiger charge is -2.10. The Hall–Kier alpha value is -3.40. The molecule has 2 aromatic heterocycles. The third-order valence-electron chi connectivity index (χ3n) is 4.91. The van der Waals surface area contributed by atoms with Gasteiger partial charge in [0.05, 0.1) is 27.9 Å². The molecule has 4 rings (SSSR count). The van der Waals surface area contributed by atoms with Crippen LogP contribution in [0.25, 0.3) is 21.8 Å². The van der Waals surface area contributed by atoms with Gasteiger partial charge < -0.3 is 25.2 Å². The molecule has 0 unspecified atom stereocenters. The number of nitrogens with zero attached hydrogens (tertiary/aromatic N) is 3. The number of phenolic OH excluding ortho intramolecular Hbond substituents is 1. The van der Waals surface area contributed by atoms with Crippen LogP contribution in [0.5, 0.6) is 11.5 Å². The van der Waals surface area contributed by atoms with Gasteiger partial charge in [0, 0.05) is 31.1 Å². The Bertz CT molecular complexity index is 1290. The minimum atomic E-state index is 0.195. The van der Waals surface area contributed by atoms with Crippen LogP contribution in [0.4, 0.5) is 16.8 Å². The maximum atomic E-state index is 10.1. The van der Waals surface area contributed by atoms with Crippen molar-refractivity contribution in [2.75, 3.05) is 37.5 Å². The summed E-state index contributed by atoms with van der Waals surface area (Å²) in [5, 5.41) is 17.9. The number of halogens is 1. The third kappa shape index (κ3) is 6.19. The number of hydrogen-bond donors (Lipinski definition) is 3. The molecule has 0 saturated heterocycles. The summed E-state index contributed by atoms with van der Waals surface area (Å²) < 4.78 is 10.6. The number of phenols is 1. The average molecular weight is 512 g/mol. The number of aryl methyl sites for hydroxylation is 1. The number of anilines is 3. The van der Waals surface area contributed by atoms with E-state index < -0.39 is 0 Å². The lowest BCUT2D eigenvalue weighted by molar-refractivity contribution is 0.146. The number of nitrogens with one attached hydrogen (secondary N) is 2. The van der Waals surface area contributed by atoms with Crippen LogP contribution >= 0.6 is 22.9 Å². The molecule has 0 spiro atoms. The average Bonchev–Trinajstić information content (AvgIpc) is 3.25. The van der Waals surface area contributed by atoms with Crippen molar-refractivity contribution in [2.24, 2.45) is 0 Å². The molecule has 0 aliphatic rings. The first-order valence-corrected chi connectivity index (χ1v) is 12.2. The number of ether oxygens (including phenoxy) is 2. The van der Waals surface area contributed by atoms with Gasteiger partial charge in [0.25, 0.3) is 0 Å². The van der Waals surface area contributed by atoms with E-state index in [1.807, 2.05) is 32.0 Å². The maximum absolute atomic E-state index is 10.1. The fraction of sp³-hybridized carbons (Fsp3) is 0.240. The summed E-state index contributed by atoms with van der Waals surface area (Å²) in [6, 6.07) is 12.7. The molecule has 0 saturated carbocycles. The Morgan fingerprint density at radius 3 is 2.69 bits per heavy atom. The van der Waals surface area contributed by atoms with Crippen LogP contribution in [0.15, 0.2) is 48.7 Å². The van der Waals surface area contributed by atoms with E-state index in [2.05, 4.69) is 15.6 Å². The second kappa shape index (κ2) is 11.4. The normalized spacial score (nSPS) is 10.9. The van der Waals surface area contributed by atoms with Crippen molar-refractivity contribution in [3.8, 4) is 33.3 Å². The predicted molar refractivity (Wildman–Crippen MR) is 141 cm³/mol. The highest BCUT2D eigenvalue weighted by atomic mass is 35.5. The molecule has 35 heavy (non-hydrogen) atoms. The van der Waals surface area contributed by atoms with Gasteiger partial charge >= 0.3 is 0 Å². The summed E-state index contributed by atoms with van der Waals surface area (Å²) in [6.07, 6.45) is 1.69. The fourth-order valence-corrected chi connectivity index (χ4v) is 4.68. The first kappa shape index (κ1) is 24.7. The molecule has 4 aromatic rings.